The molecular formula is C20H27ClN2O3. The summed E-state index contributed by atoms with van der Waals surface area (Å²) in [5, 5.41) is 8.69. The van der Waals surface area contributed by atoms with Crippen molar-refractivity contribution in [3.8, 4) is 5.75 Å². The van der Waals surface area contributed by atoms with Gasteiger partial charge in [-0.25, -0.2) is 0 Å². The molecule has 1 aliphatic rings. The number of carbonyl (C=O) groups is 1. The van der Waals surface area contributed by atoms with Crippen molar-refractivity contribution in [3.05, 3.63) is 42.0 Å². The Morgan fingerprint density at radius 3 is 2.58 bits per heavy atom. The van der Waals surface area contributed by atoms with E-state index >= 15 is 0 Å². The molecule has 142 valence electrons. The molecule has 1 aliphatic heterocycles. The van der Waals surface area contributed by atoms with Gasteiger partial charge in [0.15, 0.2) is 0 Å². The molecule has 26 heavy (non-hydrogen) atoms. The number of amides is 1. The Morgan fingerprint density at radius 2 is 1.88 bits per heavy atom. The number of hydrogen-bond donors (Lipinski definition) is 2. The second-order valence-corrected chi connectivity index (χ2v) is 6.61. The maximum atomic E-state index is 13.0. The minimum atomic E-state index is -0.447. The van der Waals surface area contributed by atoms with Crippen molar-refractivity contribution in [2.45, 2.75) is 19.4 Å². The van der Waals surface area contributed by atoms with Crippen LogP contribution < -0.4 is 15.4 Å². The Hall–Kier alpha value is -1.82. The summed E-state index contributed by atoms with van der Waals surface area (Å²) >= 11 is 0. The van der Waals surface area contributed by atoms with Gasteiger partial charge in [-0.1, -0.05) is 30.3 Å². The van der Waals surface area contributed by atoms with E-state index in [-0.39, 0.29) is 18.3 Å². The number of carbonyl (C=O) groups excluding carboxylic acids is 1. The van der Waals surface area contributed by atoms with E-state index < -0.39 is 5.41 Å². The molecule has 1 fully saturated rings. The molecule has 0 aliphatic carbocycles. The van der Waals surface area contributed by atoms with Crippen LogP contribution in [0, 0.1) is 5.41 Å². The van der Waals surface area contributed by atoms with Crippen LogP contribution in [0.4, 0.5) is 0 Å². The predicted molar refractivity (Wildman–Crippen MR) is 106 cm³/mol. The highest BCUT2D eigenvalue weighted by Crippen LogP contribution is 2.31. The topological polar surface area (TPSA) is 59.6 Å². The van der Waals surface area contributed by atoms with Crippen LogP contribution in [0.25, 0.3) is 10.8 Å². The van der Waals surface area contributed by atoms with Crippen LogP contribution in [0.2, 0.25) is 0 Å². The molecule has 2 aromatic carbocycles. The fraction of sp³-hybridized carbons (Fsp3) is 0.450. The molecule has 2 aromatic rings. The Kier molecular flexibility index (Phi) is 7.26. The quantitative estimate of drug-likeness (QED) is 0.811. The standard InChI is InChI=1S/C20H26N2O3.ClH/c1-24-14-20(9-11-21-12-10-20)19(23)22-13-17-16-6-4-3-5-15(16)7-8-18(17)25-2;/h3-8,21H,9-14H2,1-2H3,(H,22,23);1H. The maximum Gasteiger partial charge on any atom is 0.228 e. The maximum absolute atomic E-state index is 13.0. The molecule has 0 spiro atoms. The number of nitrogens with one attached hydrogen (secondary N) is 2. The highest BCUT2D eigenvalue weighted by atomic mass is 35.5. The molecule has 1 amide bonds. The Bertz CT molecular complexity index is 739. The number of benzene rings is 2. The summed E-state index contributed by atoms with van der Waals surface area (Å²) in [6, 6.07) is 12.2. The second-order valence-electron chi connectivity index (χ2n) is 6.61. The molecule has 0 unspecified atom stereocenters. The summed E-state index contributed by atoms with van der Waals surface area (Å²) in [6.45, 7) is 2.58. The highest BCUT2D eigenvalue weighted by molar-refractivity contribution is 5.89. The zero-order valence-electron chi connectivity index (χ0n) is 15.3. The van der Waals surface area contributed by atoms with Crippen LogP contribution in [0.15, 0.2) is 36.4 Å². The van der Waals surface area contributed by atoms with Crippen molar-refractivity contribution in [2.75, 3.05) is 33.9 Å². The van der Waals surface area contributed by atoms with Gasteiger partial charge in [0, 0.05) is 19.2 Å². The summed E-state index contributed by atoms with van der Waals surface area (Å²) in [6.07, 6.45) is 1.58. The lowest BCUT2D eigenvalue weighted by Crippen LogP contribution is -2.50. The molecule has 6 heteroatoms. The van der Waals surface area contributed by atoms with Gasteiger partial charge in [-0.3, -0.25) is 4.79 Å². The molecule has 0 aromatic heterocycles. The summed E-state index contributed by atoms with van der Waals surface area (Å²) in [7, 11) is 3.32. The fourth-order valence-electron chi connectivity index (χ4n) is 3.66. The van der Waals surface area contributed by atoms with Gasteiger partial charge in [0.05, 0.1) is 19.1 Å². The van der Waals surface area contributed by atoms with E-state index in [2.05, 4.69) is 22.8 Å². The Morgan fingerprint density at radius 1 is 1.15 bits per heavy atom. The minimum Gasteiger partial charge on any atom is -0.496 e. The van der Waals surface area contributed by atoms with Gasteiger partial charge in [0.1, 0.15) is 5.75 Å². The van der Waals surface area contributed by atoms with Gasteiger partial charge in [-0.2, -0.15) is 0 Å². The van der Waals surface area contributed by atoms with Crippen LogP contribution in [0.1, 0.15) is 18.4 Å². The lowest BCUT2D eigenvalue weighted by atomic mass is 9.78. The molecule has 0 radical (unpaired) electrons. The van der Waals surface area contributed by atoms with E-state index in [4.69, 9.17) is 9.47 Å². The first-order chi connectivity index (χ1) is 12.2. The number of rotatable bonds is 6. The number of halogens is 1. The smallest absolute Gasteiger partial charge is 0.228 e. The fourth-order valence-corrected chi connectivity index (χ4v) is 3.66. The average Bonchev–Trinajstić information content (AvgIpc) is 2.66. The van der Waals surface area contributed by atoms with Gasteiger partial charge < -0.3 is 20.1 Å². The van der Waals surface area contributed by atoms with Crippen molar-refractivity contribution >= 4 is 29.1 Å². The van der Waals surface area contributed by atoms with Gasteiger partial charge in [-0.05, 0) is 42.8 Å². The van der Waals surface area contributed by atoms with Crippen LogP contribution in [-0.2, 0) is 16.1 Å². The molecule has 1 heterocycles. The summed E-state index contributed by atoms with van der Waals surface area (Å²) in [5.41, 5.74) is 0.563. The Balaban J connectivity index is 0.00000243. The average molecular weight is 379 g/mol. The number of methoxy groups -OCH3 is 2. The SMILES string of the molecule is COCC1(C(=O)NCc2c(OC)ccc3ccccc23)CCNCC1.Cl. The van der Waals surface area contributed by atoms with Crippen molar-refractivity contribution in [1.29, 1.82) is 0 Å². The van der Waals surface area contributed by atoms with Gasteiger partial charge >= 0.3 is 0 Å². The summed E-state index contributed by atoms with van der Waals surface area (Å²) in [5.74, 6) is 0.857. The molecule has 0 saturated carbocycles. The minimum absolute atomic E-state index is 0. The largest absolute Gasteiger partial charge is 0.496 e. The van der Waals surface area contributed by atoms with Crippen LogP contribution in [0.5, 0.6) is 5.75 Å². The van der Waals surface area contributed by atoms with Gasteiger partial charge in [0.25, 0.3) is 0 Å². The monoisotopic (exact) mass is 378 g/mol. The molecule has 1 saturated heterocycles. The third kappa shape index (κ3) is 4.11. The number of ether oxygens (including phenoxy) is 2. The third-order valence-corrected chi connectivity index (χ3v) is 5.11. The lowest BCUT2D eigenvalue weighted by Gasteiger charge is -2.35. The molecule has 2 N–H and O–H groups in total. The zero-order valence-corrected chi connectivity index (χ0v) is 16.2. The number of hydrogen-bond acceptors (Lipinski definition) is 4. The van der Waals surface area contributed by atoms with Crippen molar-refractivity contribution in [2.24, 2.45) is 5.41 Å². The molecule has 0 bridgehead atoms. The van der Waals surface area contributed by atoms with E-state index in [1.165, 1.54) is 0 Å². The Labute approximate surface area is 160 Å². The van der Waals surface area contributed by atoms with Crippen molar-refractivity contribution < 1.29 is 14.3 Å². The van der Waals surface area contributed by atoms with Crippen LogP contribution in [-0.4, -0.2) is 39.8 Å². The highest BCUT2D eigenvalue weighted by Gasteiger charge is 2.39. The first kappa shape index (κ1) is 20.5. The molecule has 3 rings (SSSR count). The molecule has 5 nitrogen and oxygen atoms in total. The summed E-state index contributed by atoms with van der Waals surface area (Å²) < 4.78 is 10.9. The van der Waals surface area contributed by atoms with E-state index in [1.54, 1.807) is 14.2 Å². The first-order valence-electron chi connectivity index (χ1n) is 8.73. The van der Waals surface area contributed by atoms with Gasteiger partial charge in [0.2, 0.25) is 5.91 Å². The van der Waals surface area contributed by atoms with Crippen LogP contribution >= 0.6 is 12.4 Å². The first-order valence-corrected chi connectivity index (χ1v) is 8.73. The van der Waals surface area contributed by atoms with Crippen molar-refractivity contribution in [3.63, 3.8) is 0 Å². The van der Waals surface area contributed by atoms with E-state index in [1.807, 2.05) is 24.3 Å². The van der Waals surface area contributed by atoms with E-state index in [0.717, 1.165) is 48.0 Å². The van der Waals surface area contributed by atoms with Crippen molar-refractivity contribution in [1.82, 2.24) is 10.6 Å². The second kappa shape index (κ2) is 9.21. The zero-order chi connectivity index (χ0) is 17.7. The summed E-state index contributed by atoms with van der Waals surface area (Å²) in [4.78, 5) is 13.0. The predicted octanol–water partition coefficient (Wildman–Crippen LogP) is 2.90. The third-order valence-electron chi connectivity index (χ3n) is 5.11. The van der Waals surface area contributed by atoms with E-state index in [0.29, 0.717) is 13.2 Å². The lowest BCUT2D eigenvalue weighted by molar-refractivity contribution is -0.136. The number of piperidine rings is 1. The molecular weight excluding hydrogens is 352 g/mol. The van der Waals surface area contributed by atoms with Crippen LogP contribution in [0.3, 0.4) is 0 Å². The normalized spacial score (nSPS) is 15.9. The molecule has 0 atom stereocenters. The van der Waals surface area contributed by atoms with E-state index in [9.17, 15) is 4.79 Å². The van der Waals surface area contributed by atoms with Gasteiger partial charge in [-0.15, -0.1) is 12.4 Å². The number of fused-ring (bicyclic) bond motifs is 1.